The molecule has 0 spiro atoms. The van der Waals surface area contributed by atoms with Gasteiger partial charge in [-0.25, -0.2) is 5.32 Å². The Morgan fingerprint density at radius 3 is 2.73 bits per heavy atom. The average Bonchev–Trinajstić information content (AvgIpc) is 2.06. The zero-order valence-electron chi connectivity index (χ0n) is 6.97. The van der Waals surface area contributed by atoms with Gasteiger partial charge in [-0.1, -0.05) is 6.92 Å². The highest BCUT2D eigenvalue weighted by Gasteiger charge is 2.14. The number of carbonyl (C=O) groups excluding carboxylic acids is 1. The van der Waals surface area contributed by atoms with Crippen LogP contribution in [-0.4, -0.2) is 25.0 Å². The number of amides is 1. The molecular formula is C8H15N2O. The fourth-order valence-corrected chi connectivity index (χ4v) is 1.22. The number of hydrogen-bond acceptors (Lipinski definition) is 1. The molecule has 1 amide bonds. The second-order valence-electron chi connectivity index (χ2n) is 2.87. The van der Waals surface area contributed by atoms with Crippen molar-refractivity contribution in [2.24, 2.45) is 0 Å². The van der Waals surface area contributed by atoms with Gasteiger partial charge in [0.1, 0.15) is 0 Å². The van der Waals surface area contributed by atoms with E-state index < -0.39 is 0 Å². The summed E-state index contributed by atoms with van der Waals surface area (Å²) in [5, 5.41) is 7.18. The predicted octanol–water partition coefficient (Wildman–Crippen LogP) is 0.279. The molecule has 3 nitrogen and oxygen atoms in total. The normalized spacial score (nSPS) is 19.7. The molecule has 1 aliphatic rings. The maximum atomic E-state index is 10.9. The molecule has 0 bridgehead atoms. The second-order valence-corrected chi connectivity index (χ2v) is 2.87. The molecule has 1 fully saturated rings. The van der Waals surface area contributed by atoms with Crippen LogP contribution >= 0.6 is 0 Å². The van der Waals surface area contributed by atoms with E-state index in [4.69, 9.17) is 0 Å². The predicted molar refractivity (Wildman–Crippen MR) is 43.3 cm³/mol. The van der Waals surface area contributed by atoms with Crippen molar-refractivity contribution in [1.82, 2.24) is 10.6 Å². The van der Waals surface area contributed by atoms with Crippen molar-refractivity contribution in [3.05, 3.63) is 0 Å². The lowest BCUT2D eigenvalue weighted by Gasteiger charge is -2.22. The molecule has 0 unspecified atom stereocenters. The summed E-state index contributed by atoms with van der Waals surface area (Å²) in [6, 6.07) is 0.389. The van der Waals surface area contributed by atoms with Crippen LogP contribution in [0.15, 0.2) is 0 Å². The first-order valence-electron chi connectivity index (χ1n) is 4.25. The molecule has 3 heteroatoms. The van der Waals surface area contributed by atoms with Gasteiger partial charge in [-0.2, -0.15) is 0 Å². The van der Waals surface area contributed by atoms with E-state index in [2.05, 4.69) is 10.6 Å². The number of carbonyl (C=O) groups is 1. The Hall–Kier alpha value is -0.570. The molecule has 0 aromatic rings. The Morgan fingerprint density at radius 1 is 1.55 bits per heavy atom. The number of hydrogen-bond donors (Lipinski definition) is 1. The van der Waals surface area contributed by atoms with Gasteiger partial charge < -0.3 is 5.32 Å². The zero-order chi connectivity index (χ0) is 8.10. The Kier molecular flexibility index (Phi) is 3.36. The van der Waals surface area contributed by atoms with E-state index in [1.165, 1.54) is 0 Å². The van der Waals surface area contributed by atoms with E-state index in [0.717, 1.165) is 25.9 Å². The molecule has 1 radical (unpaired) electrons. The van der Waals surface area contributed by atoms with Crippen molar-refractivity contribution < 1.29 is 4.79 Å². The highest BCUT2D eigenvalue weighted by Crippen LogP contribution is 2.02. The highest BCUT2D eigenvalue weighted by atomic mass is 16.1. The summed E-state index contributed by atoms with van der Waals surface area (Å²) in [7, 11) is 0. The van der Waals surface area contributed by atoms with Crippen molar-refractivity contribution in [3.8, 4) is 0 Å². The molecule has 0 aromatic heterocycles. The lowest BCUT2D eigenvalue weighted by atomic mass is 10.1. The molecule has 1 N–H and O–H groups in total. The van der Waals surface area contributed by atoms with Crippen LogP contribution in [-0.2, 0) is 4.79 Å². The van der Waals surface area contributed by atoms with Crippen LogP contribution < -0.4 is 10.6 Å². The third-order valence-electron chi connectivity index (χ3n) is 1.96. The minimum Gasteiger partial charge on any atom is -0.353 e. The smallest absolute Gasteiger partial charge is 0.219 e. The van der Waals surface area contributed by atoms with Gasteiger partial charge in [-0.3, -0.25) is 4.79 Å². The summed E-state index contributed by atoms with van der Waals surface area (Å²) in [6.07, 6.45) is 2.63. The number of piperidine rings is 1. The first-order valence-corrected chi connectivity index (χ1v) is 4.25. The van der Waals surface area contributed by atoms with Crippen molar-refractivity contribution in [2.45, 2.75) is 32.2 Å². The maximum absolute atomic E-state index is 10.9. The van der Waals surface area contributed by atoms with Crippen molar-refractivity contribution in [1.29, 1.82) is 0 Å². The summed E-state index contributed by atoms with van der Waals surface area (Å²) in [5.41, 5.74) is 0. The van der Waals surface area contributed by atoms with Gasteiger partial charge in [-0.15, -0.1) is 0 Å². The van der Waals surface area contributed by atoms with E-state index in [0.29, 0.717) is 12.5 Å². The van der Waals surface area contributed by atoms with Gasteiger partial charge in [0.2, 0.25) is 5.91 Å². The molecule has 63 valence electrons. The number of rotatable bonds is 2. The SMILES string of the molecule is CCC(=O)NC1CC[N]CC1. The molecule has 11 heavy (non-hydrogen) atoms. The third-order valence-corrected chi connectivity index (χ3v) is 1.96. The van der Waals surface area contributed by atoms with Gasteiger partial charge in [0, 0.05) is 25.6 Å². The molecule has 1 aliphatic heterocycles. The molecular weight excluding hydrogens is 140 g/mol. The zero-order valence-corrected chi connectivity index (χ0v) is 6.97. The Morgan fingerprint density at radius 2 is 2.18 bits per heavy atom. The third kappa shape index (κ3) is 2.89. The van der Waals surface area contributed by atoms with Crippen LogP contribution in [0.25, 0.3) is 0 Å². The van der Waals surface area contributed by atoms with Crippen LogP contribution in [0.4, 0.5) is 0 Å². The van der Waals surface area contributed by atoms with Crippen molar-refractivity contribution >= 4 is 5.91 Å². The molecule has 0 aliphatic carbocycles. The van der Waals surface area contributed by atoms with Crippen LogP contribution in [0.5, 0.6) is 0 Å². The van der Waals surface area contributed by atoms with Gasteiger partial charge in [-0.05, 0) is 12.8 Å². The molecule has 1 saturated heterocycles. The van der Waals surface area contributed by atoms with Gasteiger partial charge >= 0.3 is 0 Å². The molecule has 1 heterocycles. The molecule has 0 atom stereocenters. The van der Waals surface area contributed by atoms with Crippen LogP contribution in [0.1, 0.15) is 26.2 Å². The molecule has 1 rings (SSSR count). The molecule has 0 aromatic carbocycles. The van der Waals surface area contributed by atoms with Crippen molar-refractivity contribution in [2.75, 3.05) is 13.1 Å². The number of nitrogens with zero attached hydrogens (tertiary/aromatic N) is 1. The van der Waals surface area contributed by atoms with Crippen LogP contribution in [0, 0.1) is 0 Å². The maximum Gasteiger partial charge on any atom is 0.219 e. The second kappa shape index (κ2) is 4.34. The average molecular weight is 155 g/mol. The monoisotopic (exact) mass is 155 g/mol. The van der Waals surface area contributed by atoms with Crippen LogP contribution in [0.3, 0.4) is 0 Å². The highest BCUT2D eigenvalue weighted by molar-refractivity contribution is 5.75. The van der Waals surface area contributed by atoms with E-state index in [9.17, 15) is 4.79 Å². The van der Waals surface area contributed by atoms with E-state index in [-0.39, 0.29) is 5.91 Å². The summed E-state index contributed by atoms with van der Waals surface area (Å²) >= 11 is 0. The van der Waals surface area contributed by atoms with Gasteiger partial charge in [0.25, 0.3) is 0 Å². The quantitative estimate of drug-likeness (QED) is 0.611. The summed E-state index contributed by atoms with van der Waals surface area (Å²) in [4.78, 5) is 10.9. The van der Waals surface area contributed by atoms with E-state index in [1.807, 2.05) is 6.92 Å². The Bertz CT molecular complexity index is 130. The van der Waals surface area contributed by atoms with Gasteiger partial charge in [0.15, 0.2) is 0 Å². The Balaban J connectivity index is 2.19. The number of nitrogens with one attached hydrogen (secondary N) is 1. The summed E-state index contributed by atoms with van der Waals surface area (Å²) in [5.74, 6) is 0.164. The van der Waals surface area contributed by atoms with Gasteiger partial charge in [0.05, 0.1) is 0 Å². The first-order chi connectivity index (χ1) is 5.33. The minimum absolute atomic E-state index is 0.164. The minimum atomic E-state index is 0.164. The van der Waals surface area contributed by atoms with E-state index >= 15 is 0 Å². The van der Waals surface area contributed by atoms with Crippen molar-refractivity contribution in [3.63, 3.8) is 0 Å². The summed E-state index contributed by atoms with van der Waals surface area (Å²) in [6.45, 7) is 3.70. The topological polar surface area (TPSA) is 43.2 Å². The lowest BCUT2D eigenvalue weighted by Crippen LogP contribution is -2.40. The van der Waals surface area contributed by atoms with Crippen LogP contribution in [0.2, 0.25) is 0 Å². The van der Waals surface area contributed by atoms with E-state index in [1.54, 1.807) is 0 Å². The summed E-state index contributed by atoms with van der Waals surface area (Å²) < 4.78 is 0. The fraction of sp³-hybridized carbons (Fsp3) is 0.875. The molecule has 0 saturated carbocycles. The first kappa shape index (κ1) is 8.53. The standard InChI is InChI=1S/C8H15N2O/c1-2-8(11)10-7-3-5-9-6-4-7/h7H,2-6H2,1H3,(H,10,11). The Labute approximate surface area is 67.5 Å². The fourth-order valence-electron chi connectivity index (χ4n) is 1.22. The largest absolute Gasteiger partial charge is 0.353 e. The lowest BCUT2D eigenvalue weighted by molar-refractivity contribution is -0.121.